The Morgan fingerprint density at radius 2 is 2.42 bits per heavy atom. The van der Waals surface area contributed by atoms with Crippen LogP contribution < -0.4 is 0 Å². The van der Waals surface area contributed by atoms with Crippen LogP contribution in [0.4, 0.5) is 0 Å². The Morgan fingerprint density at radius 3 is 3.25 bits per heavy atom. The minimum Gasteiger partial charge on any atom is -0.399 e. The number of oxime groups is 1. The fraction of sp³-hybridized carbons (Fsp3) is 0.444. The summed E-state index contributed by atoms with van der Waals surface area (Å²) >= 11 is 1.82. The van der Waals surface area contributed by atoms with Crippen LogP contribution >= 0.6 is 11.3 Å². The summed E-state index contributed by atoms with van der Waals surface area (Å²) < 4.78 is 0. The summed E-state index contributed by atoms with van der Waals surface area (Å²) in [7, 11) is 1.60. The molecule has 2 nitrogen and oxygen atoms in total. The lowest BCUT2D eigenvalue weighted by Crippen LogP contribution is -2.09. The molecule has 64 valence electrons. The molecule has 0 fully saturated rings. The van der Waals surface area contributed by atoms with Gasteiger partial charge in [0.25, 0.3) is 0 Å². The van der Waals surface area contributed by atoms with Gasteiger partial charge in [0.05, 0.1) is 5.71 Å². The van der Waals surface area contributed by atoms with Gasteiger partial charge in [0.2, 0.25) is 0 Å². The van der Waals surface area contributed by atoms with Crippen molar-refractivity contribution in [1.29, 1.82) is 0 Å². The molecule has 3 heteroatoms. The first-order valence-corrected chi connectivity index (χ1v) is 4.96. The lowest BCUT2D eigenvalue weighted by molar-refractivity contribution is 0.212. The highest BCUT2D eigenvalue weighted by Gasteiger charge is 2.16. The first kappa shape index (κ1) is 7.80. The average molecular weight is 181 g/mol. The van der Waals surface area contributed by atoms with E-state index < -0.39 is 0 Å². The van der Waals surface area contributed by atoms with E-state index >= 15 is 0 Å². The monoisotopic (exact) mass is 181 g/mol. The van der Waals surface area contributed by atoms with Gasteiger partial charge >= 0.3 is 0 Å². The molecule has 1 aromatic rings. The Bertz CT molecular complexity index is 303. The molecule has 1 aromatic heterocycles. The Morgan fingerprint density at radius 1 is 1.50 bits per heavy atom. The molecule has 0 unspecified atom stereocenters. The zero-order valence-electron chi connectivity index (χ0n) is 7.04. The molecule has 1 heterocycles. The average Bonchev–Trinajstić information content (AvgIpc) is 2.53. The Kier molecular flexibility index (Phi) is 2.13. The van der Waals surface area contributed by atoms with Crippen molar-refractivity contribution >= 4 is 17.0 Å². The van der Waals surface area contributed by atoms with Crippen LogP contribution in [0.3, 0.4) is 0 Å². The van der Waals surface area contributed by atoms with Gasteiger partial charge in [-0.3, -0.25) is 0 Å². The van der Waals surface area contributed by atoms with Gasteiger partial charge in [-0.05, 0) is 30.7 Å². The van der Waals surface area contributed by atoms with Crippen molar-refractivity contribution in [2.45, 2.75) is 19.3 Å². The summed E-state index contributed by atoms with van der Waals surface area (Å²) in [5, 5.41) is 6.15. The van der Waals surface area contributed by atoms with E-state index in [9.17, 15) is 0 Å². The molecule has 1 aliphatic rings. The molecule has 0 bridgehead atoms. The summed E-state index contributed by atoms with van der Waals surface area (Å²) in [6.45, 7) is 0. The second-order valence-corrected chi connectivity index (χ2v) is 3.83. The Labute approximate surface area is 75.9 Å². The lowest BCUT2D eigenvalue weighted by atomic mass is 9.97. The van der Waals surface area contributed by atoms with Gasteiger partial charge in [-0.1, -0.05) is 5.16 Å². The van der Waals surface area contributed by atoms with Crippen LogP contribution in [0.5, 0.6) is 0 Å². The maximum Gasteiger partial charge on any atom is 0.106 e. The van der Waals surface area contributed by atoms with Crippen molar-refractivity contribution in [3.8, 4) is 0 Å². The van der Waals surface area contributed by atoms with E-state index in [0.717, 1.165) is 12.1 Å². The summed E-state index contributed by atoms with van der Waals surface area (Å²) in [6.07, 6.45) is 3.46. The molecule has 0 saturated heterocycles. The number of nitrogens with zero attached hydrogens (tertiary/aromatic N) is 1. The van der Waals surface area contributed by atoms with E-state index in [1.165, 1.54) is 23.3 Å². The first-order valence-electron chi connectivity index (χ1n) is 4.08. The number of hydrogen-bond donors (Lipinski definition) is 0. The fourth-order valence-electron chi connectivity index (χ4n) is 1.55. The van der Waals surface area contributed by atoms with Gasteiger partial charge in [0, 0.05) is 10.4 Å². The van der Waals surface area contributed by atoms with Gasteiger partial charge in [-0.25, -0.2) is 0 Å². The fourth-order valence-corrected chi connectivity index (χ4v) is 2.49. The largest absolute Gasteiger partial charge is 0.399 e. The normalized spacial score (nSPS) is 19.2. The molecule has 0 amide bonds. The highest BCUT2D eigenvalue weighted by molar-refractivity contribution is 7.10. The van der Waals surface area contributed by atoms with Gasteiger partial charge in [-0.2, -0.15) is 0 Å². The lowest BCUT2D eigenvalue weighted by Gasteiger charge is -2.11. The molecule has 2 rings (SSSR count). The molecule has 0 aliphatic heterocycles. The molecule has 0 radical (unpaired) electrons. The molecular weight excluding hydrogens is 170 g/mol. The molecule has 0 aromatic carbocycles. The van der Waals surface area contributed by atoms with Gasteiger partial charge < -0.3 is 4.84 Å². The number of fused-ring (bicyclic) bond motifs is 1. The number of rotatable bonds is 1. The standard InChI is InChI=1S/C9H11NOS/c1-11-10-8-3-2-4-9-7(8)5-6-12-9/h5-6H,2-4H2,1H3/b10-8-. The third-order valence-corrected chi connectivity index (χ3v) is 3.06. The molecular formula is C9H11NOS. The van der Waals surface area contributed by atoms with Crippen molar-refractivity contribution in [3.05, 3.63) is 21.9 Å². The van der Waals surface area contributed by atoms with Gasteiger partial charge in [0.1, 0.15) is 7.11 Å². The van der Waals surface area contributed by atoms with Crippen LogP contribution in [0.2, 0.25) is 0 Å². The van der Waals surface area contributed by atoms with E-state index in [-0.39, 0.29) is 0 Å². The Hall–Kier alpha value is -0.830. The first-order chi connectivity index (χ1) is 5.92. The van der Waals surface area contributed by atoms with Crippen LogP contribution in [-0.2, 0) is 11.3 Å². The van der Waals surface area contributed by atoms with Crippen molar-refractivity contribution < 1.29 is 4.84 Å². The highest BCUT2D eigenvalue weighted by Crippen LogP contribution is 2.26. The molecule has 0 N–H and O–H groups in total. The minimum atomic E-state index is 1.05. The number of aryl methyl sites for hydroxylation is 1. The quantitative estimate of drug-likeness (QED) is 0.610. The summed E-state index contributed by atoms with van der Waals surface area (Å²) in [4.78, 5) is 6.26. The highest BCUT2D eigenvalue weighted by atomic mass is 32.1. The van der Waals surface area contributed by atoms with Crippen molar-refractivity contribution in [1.82, 2.24) is 0 Å². The second kappa shape index (κ2) is 3.27. The van der Waals surface area contributed by atoms with Crippen LogP contribution in [0.1, 0.15) is 23.3 Å². The molecule has 1 aliphatic carbocycles. The Balaban J connectivity index is 2.38. The summed E-state index contributed by atoms with van der Waals surface area (Å²) in [6, 6.07) is 2.14. The van der Waals surface area contributed by atoms with Crippen molar-refractivity contribution in [2.24, 2.45) is 5.16 Å². The SMILES string of the molecule is CO/N=C1/CCCc2sccc21. The molecule has 0 spiro atoms. The third-order valence-electron chi connectivity index (χ3n) is 2.08. The number of thiophene rings is 1. The maximum absolute atomic E-state index is 4.80. The van der Waals surface area contributed by atoms with Crippen LogP contribution in [0.25, 0.3) is 0 Å². The van der Waals surface area contributed by atoms with Crippen molar-refractivity contribution in [3.63, 3.8) is 0 Å². The second-order valence-electron chi connectivity index (χ2n) is 2.83. The molecule has 0 atom stereocenters. The minimum absolute atomic E-state index is 1.05. The zero-order chi connectivity index (χ0) is 8.39. The van der Waals surface area contributed by atoms with E-state index in [4.69, 9.17) is 4.84 Å². The summed E-state index contributed by atoms with van der Waals surface area (Å²) in [5.74, 6) is 0. The van der Waals surface area contributed by atoms with Crippen LogP contribution in [0, 0.1) is 0 Å². The van der Waals surface area contributed by atoms with E-state index in [1.54, 1.807) is 7.11 Å². The summed E-state index contributed by atoms with van der Waals surface area (Å²) in [5.41, 5.74) is 2.41. The van der Waals surface area contributed by atoms with E-state index in [0.29, 0.717) is 0 Å². The van der Waals surface area contributed by atoms with Gasteiger partial charge in [0.15, 0.2) is 0 Å². The third kappa shape index (κ3) is 1.25. The van der Waals surface area contributed by atoms with Crippen molar-refractivity contribution in [2.75, 3.05) is 7.11 Å². The predicted octanol–water partition coefficient (Wildman–Crippen LogP) is 2.43. The van der Waals surface area contributed by atoms with E-state index in [2.05, 4.69) is 16.6 Å². The topological polar surface area (TPSA) is 21.6 Å². The smallest absolute Gasteiger partial charge is 0.106 e. The number of hydrogen-bond acceptors (Lipinski definition) is 3. The maximum atomic E-state index is 4.80. The predicted molar refractivity (Wildman–Crippen MR) is 50.8 cm³/mol. The van der Waals surface area contributed by atoms with E-state index in [1.807, 2.05) is 11.3 Å². The van der Waals surface area contributed by atoms with Gasteiger partial charge in [-0.15, -0.1) is 11.3 Å². The van der Waals surface area contributed by atoms with Crippen LogP contribution in [-0.4, -0.2) is 12.8 Å². The van der Waals surface area contributed by atoms with Crippen LogP contribution in [0.15, 0.2) is 16.6 Å². The molecule has 0 saturated carbocycles. The zero-order valence-corrected chi connectivity index (χ0v) is 7.86. The molecule has 12 heavy (non-hydrogen) atoms.